The average molecular weight is 1310 g/mol. The second-order valence-corrected chi connectivity index (χ2v) is 21.1. The lowest BCUT2D eigenvalue weighted by Gasteiger charge is -2.14. The molecule has 9 N–H and O–H groups in total. The number of nitrogen functional groups attached to an aromatic ring is 1. The quantitative estimate of drug-likeness (QED) is 0.0201. The molecule has 3 aromatic heterocycles. The summed E-state index contributed by atoms with van der Waals surface area (Å²) in [5, 5.41) is 18.6. The lowest BCUT2D eigenvalue weighted by molar-refractivity contribution is -0.121. The van der Waals surface area contributed by atoms with Crippen molar-refractivity contribution in [1.29, 1.82) is 0 Å². The predicted octanol–water partition coefficient (Wildman–Crippen LogP) is 3.40. The fraction of sp³-hybridized carbons (Fsp3) is 0.453. The second-order valence-electron chi connectivity index (χ2n) is 21.1. The van der Waals surface area contributed by atoms with Gasteiger partial charge in [0.15, 0.2) is 11.6 Å². The van der Waals surface area contributed by atoms with Crippen LogP contribution in [0.25, 0.3) is 11.1 Å². The topological polar surface area (TPSA) is 363 Å². The number of aromatic nitrogens is 5. The minimum atomic E-state index is -0.652. The summed E-state index contributed by atoms with van der Waals surface area (Å²) < 4.78 is 59.5. The molecule has 0 fully saturated rings. The van der Waals surface area contributed by atoms with E-state index in [1.165, 1.54) is 38.4 Å². The van der Waals surface area contributed by atoms with Crippen LogP contribution >= 0.6 is 0 Å². The van der Waals surface area contributed by atoms with Crippen LogP contribution < -0.4 is 47.7 Å². The van der Waals surface area contributed by atoms with Gasteiger partial charge in [-0.1, -0.05) is 48.5 Å². The van der Waals surface area contributed by atoms with E-state index in [0.29, 0.717) is 111 Å². The maximum atomic E-state index is 13.3. The van der Waals surface area contributed by atoms with Crippen molar-refractivity contribution in [3.63, 3.8) is 0 Å². The highest BCUT2D eigenvalue weighted by Gasteiger charge is 2.29. The number of rotatable bonds is 45. The van der Waals surface area contributed by atoms with Crippen LogP contribution in [0.5, 0.6) is 5.75 Å². The standard InChI is InChI=1S/C64H85N13O17/c1-75-41-46(70-63(83)60-74-55(43-77(60)3)72-58(80)18-21-69-64(84)94-44-52-50-10-6-4-8-48(50)49-9-5-7-11-51(49)52)40-53(75)61(81)67-20-17-57(79)71-54-42-76(2)59(73-54)62(82)68-19-16-56(78)66-22-23-85-24-25-86-26-27-87-28-29-88-30-31-89-32-33-90-34-35-91-36-37-92-38-39-93-47-14-12-45(65)13-15-47/h4-15,40-43,52H,16-39,44,65H2,1-3H3,(H,66,78)(H,67,81)(H,68,82)(H,69,84)(H,70,83)(H,71,79)(H,72,80). The monoisotopic (exact) mass is 1310 g/mol. The van der Waals surface area contributed by atoms with E-state index in [0.717, 1.165) is 28.0 Å². The predicted molar refractivity (Wildman–Crippen MR) is 345 cm³/mol. The van der Waals surface area contributed by atoms with Crippen LogP contribution in [0.4, 0.5) is 27.8 Å². The zero-order valence-electron chi connectivity index (χ0n) is 53.2. The smallest absolute Gasteiger partial charge is 0.407 e. The van der Waals surface area contributed by atoms with Crippen molar-refractivity contribution in [3.8, 4) is 16.9 Å². The molecule has 6 aromatic rings. The van der Waals surface area contributed by atoms with Crippen LogP contribution in [0.15, 0.2) is 97.5 Å². The third-order valence-corrected chi connectivity index (χ3v) is 14.0. The highest BCUT2D eigenvalue weighted by atomic mass is 16.6. The van der Waals surface area contributed by atoms with E-state index in [1.807, 2.05) is 60.7 Å². The van der Waals surface area contributed by atoms with E-state index in [4.69, 9.17) is 53.1 Å². The molecule has 7 rings (SSSR count). The average Bonchev–Trinajstić information content (AvgIpc) is 1.63. The van der Waals surface area contributed by atoms with E-state index in [9.17, 15) is 33.6 Å². The van der Waals surface area contributed by atoms with E-state index >= 15 is 0 Å². The van der Waals surface area contributed by atoms with Crippen molar-refractivity contribution in [2.24, 2.45) is 21.1 Å². The molecule has 0 aliphatic heterocycles. The second kappa shape index (κ2) is 40.0. The molecule has 508 valence electrons. The largest absolute Gasteiger partial charge is 0.491 e. The number of aryl methyl sites for hydroxylation is 3. The Balaban J connectivity index is 0.632. The summed E-state index contributed by atoms with van der Waals surface area (Å²) in [5.74, 6) is -2.08. The van der Waals surface area contributed by atoms with Gasteiger partial charge in [0.25, 0.3) is 17.7 Å². The Bertz CT molecular complexity index is 3330. The highest BCUT2D eigenvalue weighted by Crippen LogP contribution is 2.44. The van der Waals surface area contributed by atoms with Crippen LogP contribution in [0.2, 0.25) is 0 Å². The van der Waals surface area contributed by atoms with Crippen LogP contribution in [0.3, 0.4) is 0 Å². The number of nitrogens with two attached hydrogens (primary N) is 1. The van der Waals surface area contributed by atoms with Gasteiger partial charge in [-0.15, -0.1) is 0 Å². The fourth-order valence-corrected chi connectivity index (χ4v) is 9.38. The first-order valence-electron chi connectivity index (χ1n) is 30.9. The number of imidazole rings is 2. The van der Waals surface area contributed by atoms with Crippen molar-refractivity contribution < 1.29 is 80.9 Å². The van der Waals surface area contributed by atoms with E-state index < -0.39 is 35.6 Å². The Kier molecular flexibility index (Phi) is 30.7. The summed E-state index contributed by atoms with van der Waals surface area (Å²) in [6.07, 6.45) is 3.58. The minimum Gasteiger partial charge on any atom is -0.491 e. The SMILES string of the molecule is Cn1cc(NC(=O)c2nc(NC(=O)CCNC(=O)OCC3c4ccccc4-c4ccccc43)cn2C)cc1C(=O)NCCC(=O)Nc1cn(C)c(C(=O)NCCC(=O)NCCOCCOCCOCCOCCOCCOCCOCCOCCOc2ccc(N)cc2)n1. The van der Waals surface area contributed by atoms with Crippen LogP contribution in [0.1, 0.15) is 68.0 Å². The van der Waals surface area contributed by atoms with Gasteiger partial charge in [-0.05, 0) is 52.6 Å². The van der Waals surface area contributed by atoms with Gasteiger partial charge in [0.2, 0.25) is 29.4 Å². The number of alkyl carbamates (subject to hydrolysis) is 1. The number of hydrogen-bond acceptors (Lipinski definition) is 20. The number of amides is 7. The zero-order chi connectivity index (χ0) is 66.7. The molecule has 0 saturated heterocycles. The third kappa shape index (κ3) is 25.0. The first kappa shape index (κ1) is 72.2. The molecule has 94 heavy (non-hydrogen) atoms. The maximum absolute atomic E-state index is 13.3. The summed E-state index contributed by atoms with van der Waals surface area (Å²) >= 11 is 0. The Hall–Kier alpha value is -9.27. The van der Waals surface area contributed by atoms with E-state index in [-0.39, 0.29) is 105 Å². The normalized spacial score (nSPS) is 11.6. The summed E-state index contributed by atoms with van der Waals surface area (Å²) in [6.45, 7) is 7.56. The summed E-state index contributed by atoms with van der Waals surface area (Å²) in [6, 6.07) is 24.7. The van der Waals surface area contributed by atoms with Crippen molar-refractivity contribution in [3.05, 3.63) is 126 Å². The number of fused-ring (bicyclic) bond motifs is 3. The lowest BCUT2D eigenvalue weighted by Crippen LogP contribution is -2.33. The maximum Gasteiger partial charge on any atom is 0.407 e. The molecule has 7 amide bonds. The van der Waals surface area contributed by atoms with Gasteiger partial charge in [0.05, 0.1) is 111 Å². The molecule has 0 spiro atoms. The Morgan fingerprint density at radius 2 is 0.883 bits per heavy atom. The molecular formula is C64H85N13O17. The molecular weight excluding hydrogens is 1220 g/mol. The number of carbonyl (C=O) groups excluding carboxylic acids is 7. The summed E-state index contributed by atoms with van der Waals surface area (Å²) in [5.41, 5.74) is 11.2. The van der Waals surface area contributed by atoms with Crippen molar-refractivity contribution >= 4 is 64.5 Å². The molecule has 30 nitrogen and oxygen atoms in total. The molecule has 0 unspecified atom stereocenters. The van der Waals surface area contributed by atoms with Crippen LogP contribution in [0, 0.1) is 0 Å². The number of hydrogen-bond donors (Lipinski definition) is 8. The first-order chi connectivity index (χ1) is 45.7. The van der Waals surface area contributed by atoms with Gasteiger partial charge in [-0.2, -0.15) is 0 Å². The number of carbonyl (C=O) groups is 7. The number of nitrogens with one attached hydrogen (secondary N) is 7. The number of nitrogens with zero attached hydrogens (tertiary/aromatic N) is 5. The molecule has 0 radical (unpaired) electrons. The van der Waals surface area contributed by atoms with Gasteiger partial charge >= 0.3 is 6.09 Å². The third-order valence-electron chi connectivity index (χ3n) is 14.0. The minimum absolute atomic E-state index is 0.0000785. The highest BCUT2D eigenvalue weighted by molar-refractivity contribution is 6.04. The van der Waals surface area contributed by atoms with E-state index in [1.54, 1.807) is 33.3 Å². The molecule has 0 atom stereocenters. The van der Waals surface area contributed by atoms with E-state index in [2.05, 4.69) is 47.2 Å². The molecule has 1 aliphatic carbocycles. The number of benzene rings is 3. The molecule has 3 aromatic carbocycles. The summed E-state index contributed by atoms with van der Waals surface area (Å²) in [7, 11) is 4.76. The number of anilines is 4. The van der Waals surface area contributed by atoms with Gasteiger partial charge in [-0.3, -0.25) is 28.8 Å². The van der Waals surface area contributed by atoms with Gasteiger partial charge in [0, 0.05) is 96.8 Å². The zero-order valence-corrected chi connectivity index (χ0v) is 53.2. The van der Waals surface area contributed by atoms with Crippen molar-refractivity contribution in [2.45, 2.75) is 25.2 Å². The number of ether oxygens (including phenoxy) is 10. The first-order valence-corrected chi connectivity index (χ1v) is 30.9. The van der Waals surface area contributed by atoms with Gasteiger partial charge < -0.3 is 104 Å². The lowest BCUT2D eigenvalue weighted by atomic mass is 9.98. The fourth-order valence-electron chi connectivity index (χ4n) is 9.38. The van der Waals surface area contributed by atoms with Gasteiger partial charge in [0.1, 0.15) is 24.7 Å². The Morgan fingerprint density at radius 1 is 0.447 bits per heavy atom. The molecule has 3 heterocycles. The summed E-state index contributed by atoms with van der Waals surface area (Å²) in [4.78, 5) is 98.2. The van der Waals surface area contributed by atoms with Crippen molar-refractivity contribution in [1.82, 2.24) is 44.9 Å². The molecule has 0 bridgehead atoms. The van der Waals surface area contributed by atoms with Crippen LogP contribution in [-0.2, 0) is 78.2 Å². The molecule has 30 heteroatoms. The van der Waals surface area contributed by atoms with Crippen LogP contribution in [-0.4, -0.2) is 210 Å². The van der Waals surface area contributed by atoms with Gasteiger partial charge in [-0.25, -0.2) is 14.8 Å². The van der Waals surface area contributed by atoms with Crippen molar-refractivity contribution in [2.75, 3.05) is 167 Å². The molecule has 1 aliphatic rings. The Labute approximate surface area is 544 Å². The Morgan fingerprint density at radius 3 is 1.39 bits per heavy atom. The molecule has 0 saturated carbocycles.